The molecule has 0 saturated carbocycles. The highest BCUT2D eigenvalue weighted by molar-refractivity contribution is 5.78. The van der Waals surface area contributed by atoms with Gasteiger partial charge >= 0.3 is 0 Å². The van der Waals surface area contributed by atoms with Gasteiger partial charge in [0.1, 0.15) is 0 Å². The minimum absolute atomic E-state index is 0.149. The Morgan fingerprint density at radius 1 is 1.18 bits per heavy atom. The summed E-state index contributed by atoms with van der Waals surface area (Å²) in [6, 6.07) is 10.8. The number of aryl methyl sites for hydroxylation is 1. The lowest BCUT2D eigenvalue weighted by molar-refractivity contribution is 1.26. The maximum absolute atomic E-state index is 7.22. The third-order valence-electron chi connectivity index (χ3n) is 1.60. The highest BCUT2D eigenvalue weighted by Gasteiger charge is 1.90. The van der Waals surface area contributed by atoms with Crippen LogP contribution >= 0.6 is 0 Å². The Morgan fingerprint density at radius 2 is 2.09 bits per heavy atom. The predicted octanol–water partition coefficient (Wildman–Crippen LogP) is 2.54. The van der Waals surface area contributed by atoms with Crippen molar-refractivity contribution in [3.63, 3.8) is 0 Å². The van der Waals surface area contributed by atoms with Gasteiger partial charge in [0.25, 0.3) is 0 Å². The van der Waals surface area contributed by atoms with E-state index in [1.807, 2.05) is 24.3 Å². The molecular weight excluding hydrogens is 134 g/mol. The van der Waals surface area contributed by atoms with E-state index < -0.39 is 6.85 Å². The van der Waals surface area contributed by atoms with Crippen LogP contribution in [0.2, 0.25) is 0 Å². The van der Waals surface area contributed by atoms with Gasteiger partial charge in [0, 0.05) is 15.2 Å². The lowest BCUT2D eigenvalue weighted by Crippen LogP contribution is -1.80. The van der Waals surface area contributed by atoms with E-state index in [0.29, 0.717) is 0 Å². The van der Waals surface area contributed by atoms with E-state index in [9.17, 15) is 0 Å². The first-order valence-electron chi connectivity index (χ1n) is 4.94. The lowest BCUT2D eigenvalue weighted by Gasteiger charge is -1.95. The quantitative estimate of drug-likeness (QED) is 0.556. The first kappa shape index (κ1) is 3.86. The molecule has 0 aliphatic heterocycles. The molecule has 0 fully saturated rings. The summed E-state index contributed by atoms with van der Waals surface area (Å²) in [6.07, 6.45) is 0. The summed E-state index contributed by atoms with van der Waals surface area (Å²) < 4.78 is 21.7. The zero-order valence-electron chi connectivity index (χ0n) is 8.91. The largest absolute Gasteiger partial charge is 0.253 e. The van der Waals surface area contributed by atoms with Crippen LogP contribution in [0.5, 0.6) is 0 Å². The van der Waals surface area contributed by atoms with Crippen molar-refractivity contribution >= 4 is 10.9 Å². The number of fused-ring (bicyclic) bond motifs is 1. The molecule has 0 aliphatic carbocycles. The molecule has 1 heterocycles. The Kier molecular flexibility index (Phi) is 0.824. The van der Waals surface area contributed by atoms with E-state index in [1.54, 1.807) is 12.1 Å². The first-order chi connectivity index (χ1) is 6.57. The molecule has 2 aromatic rings. The van der Waals surface area contributed by atoms with Crippen LogP contribution in [0.3, 0.4) is 0 Å². The first-order valence-corrected chi connectivity index (χ1v) is 3.44. The third kappa shape index (κ3) is 1.09. The van der Waals surface area contributed by atoms with Gasteiger partial charge in [-0.2, -0.15) is 0 Å². The fraction of sp³-hybridized carbons (Fsp3) is 0.100. The van der Waals surface area contributed by atoms with Crippen molar-refractivity contribution in [2.24, 2.45) is 0 Å². The standard InChI is InChI=1S/C10H9N/c1-8-6-7-9-4-2-3-5-10(9)11-8/h2-7H,1H3/i1D3. The number of benzene rings is 1. The van der Waals surface area contributed by atoms with Crippen LogP contribution in [0.15, 0.2) is 36.4 Å². The molecule has 0 amide bonds. The fourth-order valence-corrected chi connectivity index (χ4v) is 1.07. The molecule has 0 atom stereocenters. The van der Waals surface area contributed by atoms with Gasteiger partial charge in [-0.15, -0.1) is 0 Å². The van der Waals surface area contributed by atoms with Gasteiger partial charge in [-0.05, 0) is 19.0 Å². The van der Waals surface area contributed by atoms with Crippen LogP contribution in [0, 0.1) is 6.85 Å². The molecule has 0 aliphatic rings. The van der Waals surface area contributed by atoms with Crippen molar-refractivity contribution in [2.75, 3.05) is 0 Å². The Balaban J connectivity index is 2.63. The Morgan fingerprint density at radius 3 is 3.00 bits per heavy atom. The van der Waals surface area contributed by atoms with Crippen molar-refractivity contribution < 1.29 is 4.11 Å². The molecule has 0 unspecified atom stereocenters. The van der Waals surface area contributed by atoms with Crippen LogP contribution in [0.1, 0.15) is 9.81 Å². The highest BCUT2D eigenvalue weighted by Crippen LogP contribution is 2.10. The number of pyridine rings is 1. The molecule has 0 bridgehead atoms. The molecular formula is C10H9N. The minimum atomic E-state index is -2.12. The highest BCUT2D eigenvalue weighted by atomic mass is 14.7. The molecule has 2 rings (SSSR count). The smallest absolute Gasteiger partial charge is 0.0705 e. The molecule has 1 heteroatoms. The molecule has 54 valence electrons. The normalized spacial score (nSPS) is 15.5. The van der Waals surface area contributed by atoms with Gasteiger partial charge in [-0.1, -0.05) is 24.3 Å². The third-order valence-corrected chi connectivity index (χ3v) is 1.60. The van der Waals surface area contributed by atoms with Gasteiger partial charge in [0.05, 0.1) is 5.52 Å². The summed E-state index contributed by atoms with van der Waals surface area (Å²) in [5.74, 6) is 0. The molecule has 0 radical (unpaired) electrons. The average molecular weight is 146 g/mol. The fourth-order valence-electron chi connectivity index (χ4n) is 1.07. The minimum Gasteiger partial charge on any atom is -0.253 e. The number of hydrogen-bond donors (Lipinski definition) is 0. The summed E-state index contributed by atoms with van der Waals surface area (Å²) in [5, 5.41) is 0.959. The molecule has 0 N–H and O–H groups in total. The van der Waals surface area contributed by atoms with Crippen LogP contribution < -0.4 is 0 Å². The van der Waals surface area contributed by atoms with Crippen LogP contribution in [0.4, 0.5) is 0 Å². The second-order valence-corrected chi connectivity index (χ2v) is 2.39. The number of nitrogens with zero attached hydrogens (tertiary/aromatic N) is 1. The number of para-hydroxylation sites is 1. The maximum Gasteiger partial charge on any atom is 0.0705 e. The van der Waals surface area contributed by atoms with Crippen molar-refractivity contribution in [1.82, 2.24) is 4.98 Å². The molecule has 1 aromatic heterocycles. The molecule has 1 aromatic carbocycles. The van der Waals surface area contributed by atoms with Gasteiger partial charge < -0.3 is 0 Å². The zero-order valence-corrected chi connectivity index (χ0v) is 5.91. The molecule has 11 heavy (non-hydrogen) atoms. The number of rotatable bonds is 0. The molecule has 0 spiro atoms. The van der Waals surface area contributed by atoms with Gasteiger partial charge in [0.2, 0.25) is 0 Å². The van der Waals surface area contributed by atoms with E-state index in [1.165, 1.54) is 0 Å². The topological polar surface area (TPSA) is 12.9 Å². The van der Waals surface area contributed by atoms with E-state index in [4.69, 9.17) is 4.11 Å². The van der Waals surface area contributed by atoms with Gasteiger partial charge in [-0.25, -0.2) is 0 Å². The van der Waals surface area contributed by atoms with E-state index in [2.05, 4.69) is 4.98 Å². The SMILES string of the molecule is [2H]C([2H])([2H])c1ccc2ccccc2n1. The van der Waals surface area contributed by atoms with Crippen molar-refractivity contribution in [1.29, 1.82) is 0 Å². The second-order valence-electron chi connectivity index (χ2n) is 2.39. The lowest BCUT2D eigenvalue weighted by atomic mass is 10.2. The summed E-state index contributed by atoms with van der Waals surface area (Å²) in [7, 11) is 0. The molecule has 0 saturated heterocycles. The summed E-state index contributed by atoms with van der Waals surface area (Å²) in [5.41, 5.74) is 0.873. The second kappa shape index (κ2) is 2.35. The van der Waals surface area contributed by atoms with Gasteiger partial charge in [-0.3, -0.25) is 4.98 Å². The monoisotopic (exact) mass is 146 g/mol. The van der Waals surface area contributed by atoms with E-state index in [0.717, 1.165) is 10.9 Å². The summed E-state index contributed by atoms with van der Waals surface area (Å²) >= 11 is 0. The van der Waals surface area contributed by atoms with Crippen LogP contribution in [-0.2, 0) is 0 Å². The number of aromatic nitrogens is 1. The van der Waals surface area contributed by atoms with Crippen molar-refractivity contribution in [3.05, 3.63) is 42.1 Å². The van der Waals surface area contributed by atoms with Crippen molar-refractivity contribution in [3.8, 4) is 0 Å². The van der Waals surface area contributed by atoms with Crippen LogP contribution in [0.25, 0.3) is 10.9 Å². The zero-order chi connectivity index (χ0) is 10.2. The Bertz CT molecular complexity index is 462. The van der Waals surface area contributed by atoms with E-state index >= 15 is 0 Å². The number of hydrogen-bond acceptors (Lipinski definition) is 1. The summed E-state index contributed by atoms with van der Waals surface area (Å²) in [4.78, 5) is 4.08. The van der Waals surface area contributed by atoms with Gasteiger partial charge in [0.15, 0.2) is 0 Å². The summed E-state index contributed by atoms with van der Waals surface area (Å²) in [6.45, 7) is -2.12. The Labute approximate surface area is 69.9 Å². The molecule has 1 nitrogen and oxygen atoms in total. The average Bonchev–Trinajstić information content (AvgIpc) is 2.16. The van der Waals surface area contributed by atoms with E-state index in [-0.39, 0.29) is 5.69 Å². The predicted molar refractivity (Wildman–Crippen MR) is 46.5 cm³/mol. The van der Waals surface area contributed by atoms with Crippen LogP contribution in [-0.4, -0.2) is 4.98 Å². The maximum atomic E-state index is 7.22. The van der Waals surface area contributed by atoms with Crippen molar-refractivity contribution in [2.45, 2.75) is 6.85 Å². The Hall–Kier alpha value is -1.37.